The fourth-order valence-electron chi connectivity index (χ4n) is 2.47. The molecule has 0 unspecified atom stereocenters. The molecule has 1 aromatic rings. The molecule has 116 valence electrons. The zero-order valence-corrected chi connectivity index (χ0v) is 12.2. The molecule has 1 heterocycles. The van der Waals surface area contributed by atoms with E-state index in [0.29, 0.717) is 5.56 Å². The first-order valence-corrected chi connectivity index (χ1v) is 6.35. The molecule has 2 amide bonds. The molecule has 1 aliphatic heterocycles. The van der Waals surface area contributed by atoms with Gasteiger partial charge in [-0.1, -0.05) is 12.1 Å². The molecule has 22 heavy (non-hydrogen) atoms. The highest BCUT2D eigenvalue weighted by Crippen LogP contribution is 2.36. The van der Waals surface area contributed by atoms with Crippen LogP contribution in [0.15, 0.2) is 35.7 Å². The number of amides is 2. The van der Waals surface area contributed by atoms with Crippen molar-refractivity contribution in [2.75, 3.05) is 14.1 Å². The van der Waals surface area contributed by atoms with E-state index in [4.69, 9.17) is 0 Å². The minimum absolute atomic E-state index is 0.176. The van der Waals surface area contributed by atoms with E-state index < -0.39 is 21.9 Å². The van der Waals surface area contributed by atoms with Crippen LogP contribution in [0.25, 0.3) is 0 Å². The van der Waals surface area contributed by atoms with Gasteiger partial charge in [0.05, 0.1) is 15.5 Å². The third kappa shape index (κ3) is 2.36. The van der Waals surface area contributed by atoms with Crippen LogP contribution in [-0.2, 0) is 0 Å². The zero-order valence-electron chi connectivity index (χ0n) is 12.2. The number of nitrogens with zero attached hydrogens (tertiary/aromatic N) is 4. The van der Waals surface area contributed by atoms with Gasteiger partial charge in [-0.05, 0) is 12.5 Å². The van der Waals surface area contributed by atoms with Gasteiger partial charge in [0.25, 0.3) is 11.4 Å². The van der Waals surface area contributed by atoms with E-state index in [1.54, 1.807) is 0 Å². The van der Waals surface area contributed by atoms with Crippen LogP contribution in [0.2, 0.25) is 0 Å². The first kappa shape index (κ1) is 15.4. The predicted octanol–water partition coefficient (Wildman–Crippen LogP) is 2.14. The van der Waals surface area contributed by atoms with Gasteiger partial charge < -0.3 is 4.90 Å². The summed E-state index contributed by atoms with van der Waals surface area (Å²) in [6, 6.07) is 4.12. The van der Waals surface area contributed by atoms with Crippen molar-refractivity contribution in [2.45, 2.75) is 13.0 Å². The molecule has 9 heteroatoms. The number of nitro benzene ring substituents is 1. The Bertz CT molecular complexity index is 699. The van der Waals surface area contributed by atoms with Crippen molar-refractivity contribution in [1.82, 2.24) is 9.80 Å². The highest BCUT2D eigenvalue weighted by Gasteiger charge is 2.42. The van der Waals surface area contributed by atoms with Crippen molar-refractivity contribution in [3.05, 3.63) is 61.5 Å². The summed E-state index contributed by atoms with van der Waals surface area (Å²) >= 11 is 0. The van der Waals surface area contributed by atoms with Crippen LogP contribution in [-0.4, -0.2) is 39.8 Å². The Morgan fingerprint density at radius 3 is 2.32 bits per heavy atom. The molecule has 1 aliphatic rings. The van der Waals surface area contributed by atoms with Gasteiger partial charge in [0, 0.05) is 26.2 Å². The smallest absolute Gasteiger partial charge is 0.310 e. The molecule has 1 aromatic carbocycles. The lowest BCUT2D eigenvalue weighted by atomic mass is 9.99. The number of non-ortho nitro benzene ring substituents is 1. The molecule has 0 aromatic heterocycles. The summed E-state index contributed by atoms with van der Waals surface area (Å²) in [5, 5.41) is 22.3. The molecule has 0 saturated carbocycles. The average molecular weight is 306 g/mol. The minimum atomic E-state index is -0.974. The lowest BCUT2D eigenvalue weighted by Gasteiger charge is -2.35. The van der Waals surface area contributed by atoms with E-state index in [0.717, 1.165) is 0 Å². The van der Waals surface area contributed by atoms with E-state index in [1.165, 1.54) is 55.1 Å². The van der Waals surface area contributed by atoms with Crippen molar-refractivity contribution in [3.63, 3.8) is 0 Å². The van der Waals surface area contributed by atoms with Gasteiger partial charge in [-0.25, -0.2) is 4.79 Å². The number of hydrogen-bond acceptors (Lipinski definition) is 5. The number of allylic oxidation sites excluding steroid dienone is 1. The van der Waals surface area contributed by atoms with Crippen LogP contribution in [0.3, 0.4) is 0 Å². The Hall–Kier alpha value is -2.97. The summed E-state index contributed by atoms with van der Waals surface area (Å²) in [6.45, 7) is 1.48. The van der Waals surface area contributed by atoms with Crippen LogP contribution < -0.4 is 0 Å². The number of urea groups is 1. The number of nitro groups is 2. The molecule has 2 rings (SSSR count). The first-order valence-electron chi connectivity index (χ1n) is 6.35. The SMILES string of the molecule is CC1=C([N+](=O)[O-])[C@H](c2cccc([N+](=O)[O-])c2)N(C)C(=O)N1C. The van der Waals surface area contributed by atoms with Crippen LogP contribution in [0, 0.1) is 20.2 Å². The van der Waals surface area contributed by atoms with Crippen LogP contribution in [0.5, 0.6) is 0 Å². The van der Waals surface area contributed by atoms with Gasteiger partial charge in [0.1, 0.15) is 0 Å². The van der Waals surface area contributed by atoms with Crippen LogP contribution >= 0.6 is 0 Å². The summed E-state index contributed by atoms with van der Waals surface area (Å²) in [7, 11) is 2.87. The summed E-state index contributed by atoms with van der Waals surface area (Å²) in [6.07, 6.45) is 0. The second-order valence-electron chi connectivity index (χ2n) is 4.93. The van der Waals surface area contributed by atoms with Gasteiger partial charge in [-0.3, -0.25) is 25.1 Å². The van der Waals surface area contributed by atoms with Gasteiger partial charge in [-0.2, -0.15) is 0 Å². The molecule has 9 nitrogen and oxygen atoms in total. The lowest BCUT2D eigenvalue weighted by Crippen LogP contribution is -2.47. The standard InChI is InChI=1S/C13H14N4O5/c1-8-11(17(21)22)12(15(3)13(18)14(8)2)9-5-4-6-10(7-9)16(19)20/h4-7,12H,1-3H3/t12-/m0/s1. The summed E-state index contributed by atoms with van der Waals surface area (Å²) in [5.41, 5.74) is 0.177. The molecule has 0 N–H and O–H groups in total. The van der Waals surface area contributed by atoms with Crippen molar-refractivity contribution in [2.24, 2.45) is 0 Å². The highest BCUT2D eigenvalue weighted by atomic mass is 16.6. The van der Waals surface area contributed by atoms with E-state index in [2.05, 4.69) is 0 Å². The van der Waals surface area contributed by atoms with Crippen molar-refractivity contribution in [1.29, 1.82) is 0 Å². The minimum Gasteiger partial charge on any atom is -0.310 e. The van der Waals surface area contributed by atoms with Crippen LogP contribution in [0.1, 0.15) is 18.5 Å². The third-order valence-corrected chi connectivity index (χ3v) is 3.70. The molecule has 0 fully saturated rings. The zero-order chi connectivity index (χ0) is 16.6. The molecule has 0 radical (unpaired) electrons. The monoisotopic (exact) mass is 306 g/mol. The Balaban J connectivity index is 2.64. The van der Waals surface area contributed by atoms with E-state index >= 15 is 0 Å². The topological polar surface area (TPSA) is 110 Å². The first-order chi connectivity index (χ1) is 10.3. The van der Waals surface area contributed by atoms with Gasteiger partial charge in [0.2, 0.25) is 0 Å². The van der Waals surface area contributed by atoms with Gasteiger partial charge in [-0.15, -0.1) is 0 Å². The molecule has 0 bridgehead atoms. The van der Waals surface area contributed by atoms with E-state index in [1.807, 2.05) is 0 Å². The maximum absolute atomic E-state index is 12.2. The number of carbonyl (C=O) groups is 1. The summed E-state index contributed by atoms with van der Waals surface area (Å²) in [4.78, 5) is 35.7. The molecular formula is C13H14N4O5. The Morgan fingerprint density at radius 2 is 1.77 bits per heavy atom. The van der Waals surface area contributed by atoms with Crippen LogP contribution in [0.4, 0.5) is 10.5 Å². The molecule has 0 saturated heterocycles. The fourth-order valence-corrected chi connectivity index (χ4v) is 2.47. The summed E-state index contributed by atoms with van der Waals surface area (Å²) in [5.74, 6) is 0. The number of hydrogen-bond donors (Lipinski definition) is 0. The average Bonchev–Trinajstić information content (AvgIpc) is 2.48. The van der Waals surface area contributed by atoms with E-state index in [9.17, 15) is 25.0 Å². The Kier molecular flexibility index (Phi) is 3.81. The van der Waals surface area contributed by atoms with Crippen molar-refractivity contribution < 1.29 is 14.6 Å². The number of rotatable bonds is 3. The lowest BCUT2D eigenvalue weighted by molar-refractivity contribution is -0.436. The Labute approximate surface area is 125 Å². The molecule has 0 spiro atoms. The largest absolute Gasteiger partial charge is 0.324 e. The Morgan fingerprint density at radius 1 is 1.14 bits per heavy atom. The maximum Gasteiger partial charge on any atom is 0.324 e. The molecule has 0 aliphatic carbocycles. The normalized spacial score (nSPS) is 18.7. The molecule has 1 atom stereocenters. The van der Waals surface area contributed by atoms with Gasteiger partial charge in [0.15, 0.2) is 6.04 Å². The second-order valence-corrected chi connectivity index (χ2v) is 4.93. The van der Waals surface area contributed by atoms with Gasteiger partial charge >= 0.3 is 6.03 Å². The third-order valence-electron chi connectivity index (χ3n) is 3.70. The number of carbonyl (C=O) groups excluding carboxylic acids is 1. The quantitative estimate of drug-likeness (QED) is 0.627. The second kappa shape index (κ2) is 5.43. The van der Waals surface area contributed by atoms with Crippen molar-refractivity contribution >= 4 is 11.7 Å². The summed E-state index contributed by atoms with van der Waals surface area (Å²) < 4.78 is 0. The van der Waals surface area contributed by atoms with Crippen molar-refractivity contribution in [3.8, 4) is 0 Å². The number of likely N-dealkylation sites (N-methyl/N-ethyl adjacent to an activating group) is 1. The number of benzene rings is 1. The van der Waals surface area contributed by atoms with E-state index in [-0.39, 0.29) is 17.1 Å². The maximum atomic E-state index is 12.2. The predicted molar refractivity (Wildman–Crippen MR) is 76.5 cm³/mol. The fraction of sp³-hybridized carbons (Fsp3) is 0.308. The molecular weight excluding hydrogens is 292 g/mol. The highest BCUT2D eigenvalue weighted by molar-refractivity contribution is 5.78.